The van der Waals surface area contributed by atoms with E-state index >= 15 is 0 Å². The molecule has 1 heterocycles. The van der Waals surface area contributed by atoms with Crippen molar-refractivity contribution < 1.29 is 4.79 Å². The molecule has 2 aliphatic rings. The minimum absolute atomic E-state index is 0.113. The quantitative estimate of drug-likeness (QED) is 0.762. The van der Waals surface area contributed by atoms with Crippen molar-refractivity contribution in [1.82, 2.24) is 4.90 Å². The number of Topliss-reactive ketones (excluding diaryl/α,β-unsaturated/α-hetero) is 1. The van der Waals surface area contributed by atoms with Crippen LogP contribution in [0.15, 0.2) is 18.2 Å². The minimum atomic E-state index is 0.113. The van der Waals surface area contributed by atoms with Gasteiger partial charge in [-0.2, -0.15) is 0 Å². The zero-order valence-corrected chi connectivity index (χ0v) is 12.5. The predicted octanol–water partition coefficient (Wildman–Crippen LogP) is 3.62. The molecule has 0 bridgehead atoms. The molecule has 0 amide bonds. The molecule has 0 spiro atoms. The van der Waals surface area contributed by atoms with Gasteiger partial charge in [-0.3, -0.25) is 9.69 Å². The van der Waals surface area contributed by atoms with E-state index in [2.05, 4.69) is 30.0 Å². The summed E-state index contributed by atoms with van der Waals surface area (Å²) in [6, 6.07) is 6.53. The summed E-state index contributed by atoms with van der Waals surface area (Å²) in [5.74, 6) is 0.350. The number of hydrogen-bond donors (Lipinski definition) is 0. The minimum Gasteiger partial charge on any atom is -0.293 e. The molecule has 1 saturated heterocycles. The SMILES string of the molecule is CCC[C@H](C(=O)c1ccc2c(c1)CCC2)N1CCCC1. The van der Waals surface area contributed by atoms with Crippen molar-refractivity contribution >= 4 is 5.78 Å². The molecule has 2 nitrogen and oxygen atoms in total. The molecule has 108 valence electrons. The molecule has 1 aliphatic heterocycles. The van der Waals surface area contributed by atoms with Gasteiger partial charge in [-0.25, -0.2) is 0 Å². The molecule has 1 aromatic carbocycles. The van der Waals surface area contributed by atoms with Gasteiger partial charge in [-0.05, 0) is 68.8 Å². The lowest BCUT2D eigenvalue weighted by atomic mass is 9.96. The van der Waals surface area contributed by atoms with Crippen molar-refractivity contribution in [2.24, 2.45) is 0 Å². The number of aryl methyl sites for hydroxylation is 2. The van der Waals surface area contributed by atoms with E-state index in [1.54, 1.807) is 0 Å². The molecule has 20 heavy (non-hydrogen) atoms. The van der Waals surface area contributed by atoms with Crippen LogP contribution < -0.4 is 0 Å². The fourth-order valence-corrected chi connectivity index (χ4v) is 3.72. The van der Waals surface area contributed by atoms with E-state index in [4.69, 9.17) is 0 Å². The third kappa shape index (κ3) is 2.67. The highest BCUT2D eigenvalue weighted by molar-refractivity contribution is 6.00. The van der Waals surface area contributed by atoms with E-state index in [-0.39, 0.29) is 6.04 Å². The number of fused-ring (bicyclic) bond motifs is 1. The van der Waals surface area contributed by atoms with Crippen molar-refractivity contribution in [3.8, 4) is 0 Å². The molecular weight excluding hydrogens is 246 g/mol. The molecule has 0 aromatic heterocycles. The second-order valence-electron chi connectivity index (χ2n) is 6.25. The molecular formula is C18H25NO. The van der Waals surface area contributed by atoms with Gasteiger partial charge >= 0.3 is 0 Å². The second kappa shape index (κ2) is 6.09. The van der Waals surface area contributed by atoms with Gasteiger partial charge < -0.3 is 0 Å². The molecule has 0 N–H and O–H groups in total. The first kappa shape index (κ1) is 13.8. The maximum Gasteiger partial charge on any atom is 0.179 e. The normalized spacial score (nSPS) is 20.1. The first-order valence-corrected chi connectivity index (χ1v) is 8.19. The first-order chi connectivity index (χ1) is 9.79. The molecule has 1 aliphatic carbocycles. The Bertz CT molecular complexity index is 488. The fraction of sp³-hybridized carbons (Fsp3) is 0.611. The third-order valence-corrected chi connectivity index (χ3v) is 4.83. The molecule has 0 unspecified atom stereocenters. The summed E-state index contributed by atoms with van der Waals surface area (Å²) in [4.78, 5) is 15.3. The molecule has 0 saturated carbocycles. The molecule has 1 fully saturated rings. The summed E-state index contributed by atoms with van der Waals surface area (Å²) in [7, 11) is 0. The van der Waals surface area contributed by atoms with E-state index in [1.807, 2.05) is 0 Å². The Labute approximate surface area is 122 Å². The Morgan fingerprint density at radius 3 is 2.65 bits per heavy atom. The van der Waals surface area contributed by atoms with Crippen molar-refractivity contribution in [1.29, 1.82) is 0 Å². The number of carbonyl (C=O) groups is 1. The molecule has 0 radical (unpaired) electrons. The van der Waals surface area contributed by atoms with E-state index in [9.17, 15) is 4.79 Å². The summed E-state index contributed by atoms with van der Waals surface area (Å²) in [6.45, 7) is 4.38. The number of hydrogen-bond acceptors (Lipinski definition) is 2. The number of benzene rings is 1. The topological polar surface area (TPSA) is 20.3 Å². The zero-order valence-electron chi connectivity index (χ0n) is 12.5. The Kier molecular flexibility index (Phi) is 4.21. The van der Waals surface area contributed by atoms with Gasteiger partial charge in [0, 0.05) is 5.56 Å². The van der Waals surface area contributed by atoms with E-state index < -0.39 is 0 Å². The number of rotatable bonds is 5. The van der Waals surface area contributed by atoms with Crippen molar-refractivity contribution in [3.63, 3.8) is 0 Å². The van der Waals surface area contributed by atoms with Gasteiger partial charge in [0.05, 0.1) is 6.04 Å². The summed E-state index contributed by atoms with van der Waals surface area (Å²) >= 11 is 0. The van der Waals surface area contributed by atoms with Crippen LogP contribution in [0, 0.1) is 0 Å². The van der Waals surface area contributed by atoms with Crippen LogP contribution in [0.1, 0.15) is 60.5 Å². The van der Waals surface area contributed by atoms with E-state index in [0.717, 1.165) is 37.9 Å². The molecule has 1 aromatic rings. The average Bonchev–Trinajstić information content (AvgIpc) is 3.13. The van der Waals surface area contributed by atoms with Crippen LogP contribution in [0.2, 0.25) is 0 Å². The van der Waals surface area contributed by atoms with Crippen LogP contribution in [0.4, 0.5) is 0 Å². The van der Waals surface area contributed by atoms with Crippen LogP contribution in [0.5, 0.6) is 0 Å². The number of nitrogens with zero attached hydrogens (tertiary/aromatic N) is 1. The van der Waals surface area contributed by atoms with Gasteiger partial charge in [0.1, 0.15) is 0 Å². The Morgan fingerprint density at radius 1 is 1.15 bits per heavy atom. The maximum atomic E-state index is 12.9. The van der Waals surface area contributed by atoms with Crippen LogP contribution in [0.25, 0.3) is 0 Å². The van der Waals surface area contributed by atoms with Crippen LogP contribution in [0.3, 0.4) is 0 Å². The Morgan fingerprint density at radius 2 is 1.90 bits per heavy atom. The van der Waals surface area contributed by atoms with Gasteiger partial charge in [-0.15, -0.1) is 0 Å². The Hall–Kier alpha value is -1.15. The van der Waals surface area contributed by atoms with Crippen molar-refractivity contribution in [2.45, 2.75) is 57.9 Å². The fourth-order valence-electron chi connectivity index (χ4n) is 3.72. The molecule has 2 heteroatoms. The first-order valence-electron chi connectivity index (χ1n) is 8.19. The summed E-state index contributed by atoms with van der Waals surface area (Å²) < 4.78 is 0. The van der Waals surface area contributed by atoms with E-state index in [1.165, 1.54) is 36.8 Å². The average molecular weight is 271 g/mol. The van der Waals surface area contributed by atoms with Crippen LogP contribution in [-0.4, -0.2) is 29.8 Å². The highest BCUT2D eigenvalue weighted by Crippen LogP contribution is 2.25. The number of ketones is 1. The highest BCUT2D eigenvalue weighted by Gasteiger charge is 2.28. The van der Waals surface area contributed by atoms with E-state index in [0.29, 0.717) is 5.78 Å². The molecule has 3 rings (SSSR count). The lowest BCUT2D eigenvalue weighted by Gasteiger charge is -2.26. The lowest BCUT2D eigenvalue weighted by Crippen LogP contribution is -2.39. The van der Waals surface area contributed by atoms with Crippen molar-refractivity contribution in [2.75, 3.05) is 13.1 Å². The van der Waals surface area contributed by atoms with Crippen LogP contribution >= 0.6 is 0 Å². The Balaban J connectivity index is 1.81. The van der Waals surface area contributed by atoms with Crippen LogP contribution in [-0.2, 0) is 12.8 Å². The highest BCUT2D eigenvalue weighted by atomic mass is 16.1. The number of likely N-dealkylation sites (tertiary alicyclic amines) is 1. The largest absolute Gasteiger partial charge is 0.293 e. The van der Waals surface area contributed by atoms with Gasteiger partial charge in [0.25, 0.3) is 0 Å². The van der Waals surface area contributed by atoms with Gasteiger partial charge in [0.2, 0.25) is 0 Å². The standard InChI is InChI=1S/C18H25NO/c1-2-6-17(19-11-3-4-12-19)18(20)16-10-9-14-7-5-8-15(14)13-16/h9-10,13,17H,2-8,11-12H2,1H3/t17-/m1/s1. The summed E-state index contributed by atoms with van der Waals surface area (Å²) in [5, 5.41) is 0. The summed E-state index contributed by atoms with van der Waals surface area (Å²) in [6.07, 6.45) is 8.16. The third-order valence-electron chi connectivity index (χ3n) is 4.83. The second-order valence-corrected chi connectivity index (χ2v) is 6.25. The monoisotopic (exact) mass is 271 g/mol. The van der Waals surface area contributed by atoms with Gasteiger partial charge in [-0.1, -0.05) is 25.5 Å². The zero-order chi connectivity index (χ0) is 13.9. The molecule has 1 atom stereocenters. The summed E-state index contributed by atoms with van der Waals surface area (Å²) in [5.41, 5.74) is 3.80. The van der Waals surface area contributed by atoms with Crippen molar-refractivity contribution in [3.05, 3.63) is 34.9 Å². The van der Waals surface area contributed by atoms with Gasteiger partial charge in [0.15, 0.2) is 5.78 Å². The number of carbonyl (C=O) groups excluding carboxylic acids is 1. The predicted molar refractivity (Wildman–Crippen MR) is 82.3 cm³/mol. The lowest BCUT2D eigenvalue weighted by molar-refractivity contribution is 0.0837. The smallest absolute Gasteiger partial charge is 0.179 e. The maximum absolute atomic E-state index is 12.9.